The molecule has 0 saturated heterocycles. The van der Waals surface area contributed by atoms with E-state index in [1.54, 1.807) is 0 Å². The van der Waals surface area contributed by atoms with Crippen molar-refractivity contribution in [1.82, 2.24) is 0 Å². The average molecular weight is 233 g/mol. The summed E-state index contributed by atoms with van der Waals surface area (Å²) in [6.07, 6.45) is 3.61. The lowest BCUT2D eigenvalue weighted by Crippen LogP contribution is -2.33. The fraction of sp³-hybridized carbons (Fsp3) is 0.600. The summed E-state index contributed by atoms with van der Waals surface area (Å²) in [4.78, 5) is 0. The second-order valence-corrected chi connectivity index (χ2v) is 5.27. The zero-order valence-electron chi connectivity index (χ0n) is 11.1. The lowest BCUT2D eigenvalue weighted by atomic mass is 9.82. The van der Waals surface area contributed by atoms with Gasteiger partial charge in [-0.15, -0.1) is 0 Å². The number of ether oxygens (including phenoxy) is 1. The van der Waals surface area contributed by atoms with Gasteiger partial charge in [0.1, 0.15) is 5.75 Å². The van der Waals surface area contributed by atoms with Crippen LogP contribution in [0.5, 0.6) is 5.75 Å². The van der Waals surface area contributed by atoms with E-state index in [1.807, 2.05) is 0 Å². The van der Waals surface area contributed by atoms with Gasteiger partial charge in [0, 0.05) is 6.04 Å². The second kappa shape index (κ2) is 5.44. The molecule has 1 N–H and O–H groups in total. The third-order valence-electron chi connectivity index (χ3n) is 3.33. The van der Waals surface area contributed by atoms with Gasteiger partial charge in [-0.3, -0.25) is 0 Å². The highest BCUT2D eigenvalue weighted by Crippen LogP contribution is 2.33. The summed E-state index contributed by atoms with van der Waals surface area (Å²) in [5, 5.41) is 3.59. The Hall–Kier alpha value is -1.18. The van der Waals surface area contributed by atoms with Gasteiger partial charge >= 0.3 is 0 Å². The van der Waals surface area contributed by atoms with Crippen molar-refractivity contribution in [3.8, 4) is 5.75 Å². The highest BCUT2D eigenvalue weighted by Gasteiger charge is 2.25. The molecule has 1 aromatic rings. The maximum Gasteiger partial charge on any atom is 0.142 e. The van der Waals surface area contributed by atoms with E-state index < -0.39 is 0 Å². The van der Waals surface area contributed by atoms with Crippen LogP contribution in [-0.2, 0) is 0 Å². The van der Waals surface area contributed by atoms with Crippen LogP contribution in [0, 0.1) is 12.8 Å². The van der Waals surface area contributed by atoms with Gasteiger partial charge in [0.2, 0.25) is 0 Å². The van der Waals surface area contributed by atoms with E-state index >= 15 is 0 Å². The van der Waals surface area contributed by atoms with E-state index in [2.05, 4.69) is 44.3 Å². The van der Waals surface area contributed by atoms with Gasteiger partial charge in [0.15, 0.2) is 0 Å². The first-order valence-corrected chi connectivity index (χ1v) is 6.69. The fourth-order valence-electron chi connectivity index (χ4n) is 2.32. The zero-order chi connectivity index (χ0) is 12.3. The molecule has 17 heavy (non-hydrogen) atoms. The highest BCUT2D eigenvalue weighted by atomic mass is 16.5. The van der Waals surface area contributed by atoms with Crippen molar-refractivity contribution in [3.63, 3.8) is 0 Å². The van der Waals surface area contributed by atoms with Crippen molar-refractivity contribution in [1.29, 1.82) is 0 Å². The van der Waals surface area contributed by atoms with Crippen molar-refractivity contribution in [2.24, 2.45) is 5.92 Å². The third kappa shape index (κ3) is 3.15. The van der Waals surface area contributed by atoms with Crippen LogP contribution in [0.4, 0.5) is 5.69 Å². The van der Waals surface area contributed by atoms with Crippen LogP contribution in [0.2, 0.25) is 0 Å². The van der Waals surface area contributed by atoms with Gasteiger partial charge in [0.05, 0.1) is 12.3 Å². The van der Waals surface area contributed by atoms with E-state index in [9.17, 15) is 0 Å². The summed E-state index contributed by atoms with van der Waals surface area (Å²) < 4.78 is 5.80. The number of hydrogen-bond acceptors (Lipinski definition) is 2. The van der Waals surface area contributed by atoms with E-state index in [4.69, 9.17) is 4.74 Å². The van der Waals surface area contributed by atoms with Crippen LogP contribution in [0.3, 0.4) is 0 Å². The lowest BCUT2D eigenvalue weighted by Gasteiger charge is -2.34. The maximum absolute atomic E-state index is 5.80. The number of nitrogens with one attached hydrogen (secondary N) is 1. The Balaban J connectivity index is 2.03. The minimum Gasteiger partial charge on any atom is -0.491 e. The molecule has 0 amide bonds. The molecule has 0 bridgehead atoms. The van der Waals surface area contributed by atoms with Crippen molar-refractivity contribution >= 4 is 5.69 Å². The van der Waals surface area contributed by atoms with E-state index in [0.717, 1.165) is 30.4 Å². The van der Waals surface area contributed by atoms with E-state index in [0.29, 0.717) is 6.04 Å². The minimum atomic E-state index is 0.636. The molecule has 0 atom stereocenters. The molecule has 2 nitrogen and oxygen atoms in total. The largest absolute Gasteiger partial charge is 0.491 e. The molecule has 1 aliphatic carbocycles. The summed E-state index contributed by atoms with van der Waals surface area (Å²) in [5.41, 5.74) is 2.41. The summed E-state index contributed by atoms with van der Waals surface area (Å²) in [7, 11) is 0. The van der Waals surface area contributed by atoms with Gasteiger partial charge in [-0.1, -0.05) is 19.9 Å². The molecule has 2 heteroatoms. The summed E-state index contributed by atoms with van der Waals surface area (Å²) in [6, 6.07) is 7.05. The molecule has 0 radical (unpaired) electrons. The highest BCUT2D eigenvalue weighted by molar-refractivity contribution is 5.58. The Labute approximate surface area is 104 Å². The van der Waals surface area contributed by atoms with Gasteiger partial charge in [-0.05, 0) is 49.8 Å². The van der Waals surface area contributed by atoms with Gasteiger partial charge in [-0.2, -0.15) is 0 Å². The van der Waals surface area contributed by atoms with Gasteiger partial charge < -0.3 is 10.1 Å². The standard InChI is InChI=1S/C15H23NO/c1-4-7-17-15-10-11(2)5-6-14(15)16-13-8-12(3)9-13/h5-6,10,12-13,16H,4,7-9H2,1-3H3. The first-order valence-electron chi connectivity index (χ1n) is 6.69. The first-order chi connectivity index (χ1) is 8.19. The smallest absolute Gasteiger partial charge is 0.142 e. The number of rotatable bonds is 5. The molecule has 1 saturated carbocycles. The number of anilines is 1. The molecule has 2 rings (SSSR count). The molecular formula is C15H23NO. The van der Waals surface area contributed by atoms with Gasteiger partial charge in [-0.25, -0.2) is 0 Å². The lowest BCUT2D eigenvalue weighted by molar-refractivity contribution is 0.301. The predicted octanol–water partition coefficient (Wildman–Crippen LogP) is 3.99. The van der Waals surface area contributed by atoms with E-state index in [-0.39, 0.29) is 0 Å². The first kappa shape index (κ1) is 12.3. The van der Waals surface area contributed by atoms with Gasteiger partial charge in [0.25, 0.3) is 0 Å². The maximum atomic E-state index is 5.80. The van der Waals surface area contributed by atoms with Crippen molar-refractivity contribution < 1.29 is 4.74 Å². The summed E-state index contributed by atoms with van der Waals surface area (Å²) >= 11 is 0. The fourth-order valence-corrected chi connectivity index (χ4v) is 2.32. The minimum absolute atomic E-state index is 0.636. The number of hydrogen-bond donors (Lipinski definition) is 1. The average Bonchev–Trinajstić information content (AvgIpc) is 2.27. The number of benzene rings is 1. The molecular weight excluding hydrogens is 210 g/mol. The predicted molar refractivity (Wildman–Crippen MR) is 72.8 cm³/mol. The Morgan fingerprint density at radius 1 is 1.35 bits per heavy atom. The molecule has 1 aliphatic rings. The van der Waals surface area contributed by atoms with Crippen LogP contribution >= 0.6 is 0 Å². The summed E-state index contributed by atoms with van der Waals surface area (Å²) in [5.74, 6) is 1.88. The van der Waals surface area contributed by atoms with E-state index in [1.165, 1.54) is 18.4 Å². The van der Waals surface area contributed by atoms with Crippen molar-refractivity contribution in [2.75, 3.05) is 11.9 Å². The Morgan fingerprint density at radius 3 is 2.76 bits per heavy atom. The normalized spacial score (nSPS) is 23.0. The SMILES string of the molecule is CCCOc1cc(C)ccc1NC1CC(C)C1. The zero-order valence-corrected chi connectivity index (χ0v) is 11.1. The monoisotopic (exact) mass is 233 g/mol. The summed E-state index contributed by atoms with van der Waals surface area (Å²) in [6.45, 7) is 7.34. The Bertz CT molecular complexity index is 369. The van der Waals surface area contributed by atoms with Crippen LogP contribution in [0.15, 0.2) is 18.2 Å². The molecule has 1 fully saturated rings. The van der Waals surface area contributed by atoms with Crippen LogP contribution in [-0.4, -0.2) is 12.6 Å². The molecule has 0 heterocycles. The molecule has 0 aromatic heterocycles. The van der Waals surface area contributed by atoms with Crippen LogP contribution < -0.4 is 10.1 Å². The van der Waals surface area contributed by atoms with Crippen molar-refractivity contribution in [2.45, 2.75) is 46.1 Å². The number of aryl methyl sites for hydroxylation is 1. The molecule has 1 aromatic carbocycles. The second-order valence-electron chi connectivity index (χ2n) is 5.27. The molecule has 94 valence electrons. The molecule has 0 unspecified atom stereocenters. The van der Waals surface area contributed by atoms with Crippen molar-refractivity contribution in [3.05, 3.63) is 23.8 Å². The Morgan fingerprint density at radius 2 is 2.12 bits per heavy atom. The third-order valence-corrected chi connectivity index (χ3v) is 3.33. The van der Waals surface area contributed by atoms with Crippen LogP contribution in [0.1, 0.15) is 38.7 Å². The van der Waals surface area contributed by atoms with Crippen LogP contribution in [0.25, 0.3) is 0 Å². The topological polar surface area (TPSA) is 21.3 Å². The molecule has 0 spiro atoms. The quantitative estimate of drug-likeness (QED) is 0.830. The Kier molecular flexibility index (Phi) is 3.93. The molecule has 0 aliphatic heterocycles.